The number of benzene rings is 1. The first kappa shape index (κ1) is 18.1. The molecule has 1 N–H and O–H groups in total. The lowest BCUT2D eigenvalue weighted by atomic mass is 10.3. The van der Waals surface area contributed by atoms with Crippen LogP contribution in [0.25, 0.3) is 11.0 Å². The third-order valence-corrected chi connectivity index (χ3v) is 4.46. The number of fused-ring (bicyclic) bond motifs is 1. The first-order chi connectivity index (χ1) is 12.6. The number of hydrogen-bond acceptors (Lipinski definition) is 4. The van der Waals surface area contributed by atoms with Crippen molar-refractivity contribution in [2.45, 2.75) is 39.8 Å². The molecule has 1 amide bonds. The van der Waals surface area contributed by atoms with Crippen LogP contribution in [0.3, 0.4) is 0 Å². The highest BCUT2D eigenvalue weighted by Crippen LogP contribution is 2.18. The van der Waals surface area contributed by atoms with Crippen LogP contribution in [-0.2, 0) is 17.9 Å². The topological polar surface area (TPSA) is 77.1 Å². The van der Waals surface area contributed by atoms with Gasteiger partial charge in [0.1, 0.15) is 11.7 Å². The molecule has 0 aliphatic carbocycles. The first-order valence-corrected chi connectivity index (χ1v) is 8.92. The largest absolute Gasteiger partial charge is 0.321 e. The Kier molecular flexibility index (Phi) is 5.68. The van der Waals surface area contributed by atoms with Crippen LogP contribution in [0.15, 0.2) is 35.7 Å². The smallest absolute Gasteiger partial charge is 0.260 e. The van der Waals surface area contributed by atoms with Gasteiger partial charge in [0.05, 0.1) is 34.8 Å². The maximum atomic E-state index is 12.1. The lowest BCUT2D eigenvalue weighted by Crippen LogP contribution is -2.22. The molecule has 7 nitrogen and oxygen atoms in total. The predicted octanol–water partition coefficient (Wildman–Crippen LogP) is 3.15. The molecular weight excluding hydrogens is 352 g/mol. The van der Waals surface area contributed by atoms with Crippen LogP contribution in [0.1, 0.15) is 31.0 Å². The fourth-order valence-electron chi connectivity index (χ4n) is 2.67. The molecule has 0 radical (unpaired) electrons. The molecule has 0 saturated carbocycles. The second kappa shape index (κ2) is 8.14. The summed E-state index contributed by atoms with van der Waals surface area (Å²) < 4.78 is 3.54. The van der Waals surface area contributed by atoms with Crippen molar-refractivity contribution in [1.29, 1.82) is 0 Å². The molecule has 136 valence electrons. The molecule has 0 saturated heterocycles. The highest BCUT2D eigenvalue weighted by atomic mass is 35.5. The lowest BCUT2D eigenvalue weighted by molar-refractivity contribution is -0.121. The summed E-state index contributed by atoms with van der Waals surface area (Å²) in [6, 6.07) is 7.66. The van der Waals surface area contributed by atoms with Gasteiger partial charge in [0, 0.05) is 6.54 Å². The summed E-state index contributed by atoms with van der Waals surface area (Å²) in [7, 11) is 0. The molecule has 2 aromatic heterocycles. The number of carbonyl (C=O) groups excluding carboxylic acids is 1. The van der Waals surface area contributed by atoms with Crippen molar-refractivity contribution < 1.29 is 4.79 Å². The first-order valence-electron chi connectivity index (χ1n) is 8.54. The van der Waals surface area contributed by atoms with E-state index in [1.807, 2.05) is 31.2 Å². The van der Waals surface area contributed by atoms with Crippen molar-refractivity contribution in [3.8, 4) is 0 Å². The molecule has 0 spiro atoms. The third kappa shape index (κ3) is 3.94. The van der Waals surface area contributed by atoms with E-state index >= 15 is 0 Å². The molecule has 0 aliphatic heterocycles. The number of hydrazone groups is 1. The molecule has 0 atom stereocenters. The average molecular weight is 373 g/mol. The minimum Gasteiger partial charge on any atom is -0.321 e. The van der Waals surface area contributed by atoms with E-state index in [9.17, 15) is 4.79 Å². The van der Waals surface area contributed by atoms with Crippen LogP contribution in [0.4, 0.5) is 0 Å². The summed E-state index contributed by atoms with van der Waals surface area (Å²) in [5, 5.41) is 8.97. The zero-order valence-corrected chi connectivity index (χ0v) is 15.6. The summed E-state index contributed by atoms with van der Waals surface area (Å²) in [4.78, 5) is 16.4. The monoisotopic (exact) mass is 372 g/mol. The summed E-state index contributed by atoms with van der Waals surface area (Å²) in [6.45, 7) is 4.89. The van der Waals surface area contributed by atoms with Gasteiger partial charge in [-0.3, -0.25) is 9.48 Å². The van der Waals surface area contributed by atoms with Gasteiger partial charge >= 0.3 is 0 Å². The Balaban J connectivity index is 1.63. The molecule has 3 aromatic rings. The molecule has 0 aliphatic rings. The SMILES string of the molecule is CCCCn1nc(C)c(/C=N\NC(=O)Cn2cnc3ccccc32)c1Cl. The van der Waals surface area contributed by atoms with Crippen LogP contribution in [0.5, 0.6) is 0 Å². The van der Waals surface area contributed by atoms with E-state index in [0.717, 1.165) is 41.7 Å². The number of rotatable bonds is 7. The summed E-state index contributed by atoms with van der Waals surface area (Å²) >= 11 is 6.35. The molecule has 1 aromatic carbocycles. The Bertz CT molecular complexity index is 942. The van der Waals surface area contributed by atoms with E-state index in [1.54, 1.807) is 15.6 Å². The number of amides is 1. The van der Waals surface area contributed by atoms with Crippen molar-refractivity contribution in [3.05, 3.63) is 47.0 Å². The molecule has 0 unspecified atom stereocenters. The lowest BCUT2D eigenvalue weighted by Gasteiger charge is -2.03. The normalized spacial score (nSPS) is 11.5. The van der Waals surface area contributed by atoms with Crippen molar-refractivity contribution in [1.82, 2.24) is 24.8 Å². The molecule has 26 heavy (non-hydrogen) atoms. The molecule has 2 heterocycles. The number of imidazole rings is 1. The van der Waals surface area contributed by atoms with Crippen molar-refractivity contribution in [3.63, 3.8) is 0 Å². The average Bonchev–Trinajstić information content (AvgIpc) is 3.15. The minimum atomic E-state index is -0.239. The van der Waals surface area contributed by atoms with Crippen LogP contribution in [-0.4, -0.2) is 31.5 Å². The Morgan fingerprint density at radius 2 is 2.19 bits per heavy atom. The Hall–Kier alpha value is -2.67. The number of unbranched alkanes of at least 4 members (excludes halogenated alkanes) is 1. The van der Waals surface area contributed by atoms with E-state index in [0.29, 0.717) is 5.15 Å². The number of halogens is 1. The molecule has 8 heteroatoms. The second-order valence-corrected chi connectivity index (χ2v) is 6.38. The quantitative estimate of drug-likeness (QED) is 0.511. The third-order valence-electron chi connectivity index (χ3n) is 4.06. The summed E-state index contributed by atoms with van der Waals surface area (Å²) in [5.41, 5.74) is 5.79. The van der Waals surface area contributed by atoms with E-state index < -0.39 is 0 Å². The minimum absolute atomic E-state index is 0.139. The Morgan fingerprint density at radius 1 is 1.38 bits per heavy atom. The van der Waals surface area contributed by atoms with Crippen LogP contribution >= 0.6 is 11.6 Å². The number of carbonyl (C=O) groups is 1. The maximum absolute atomic E-state index is 12.1. The molecule has 0 fully saturated rings. The summed E-state index contributed by atoms with van der Waals surface area (Å²) in [5.74, 6) is -0.239. The number of nitrogens with one attached hydrogen (secondary N) is 1. The number of hydrogen-bond donors (Lipinski definition) is 1. The van der Waals surface area contributed by atoms with Gasteiger partial charge in [-0.05, 0) is 25.5 Å². The number of nitrogens with zero attached hydrogens (tertiary/aromatic N) is 5. The molecular formula is C18H21ClN6O. The zero-order chi connectivity index (χ0) is 18.5. The fourth-order valence-corrected chi connectivity index (χ4v) is 2.97. The van der Waals surface area contributed by atoms with E-state index in [2.05, 4.69) is 27.5 Å². The van der Waals surface area contributed by atoms with Gasteiger partial charge in [0.2, 0.25) is 0 Å². The predicted molar refractivity (Wildman–Crippen MR) is 102 cm³/mol. The van der Waals surface area contributed by atoms with Gasteiger partial charge in [-0.1, -0.05) is 37.1 Å². The Morgan fingerprint density at radius 3 is 3.00 bits per heavy atom. The van der Waals surface area contributed by atoms with Gasteiger partial charge in [-0.25, -0.2) is 10.4 Å². The molecule has 3 rings (SSSR count). The standard InChI is InChI=1S/C18H21ClN6O/c1-3-4-9-25-18(19)14(13(2)23-25)10-21-22-17(26)11-24-12-20-15-7-5-6-8-16(15)24/h5-8,10,12H,3-4,9,11H2,1-2H3,(H,22,26)/b21-10-. The number of para-hydroxylation sites is 2. The van der Waals surface area contributed by atoms with Crippen molar-refractivity contribution >= 4 is 34.8 Å². The second-order valence-electron chi connectivity index (χ2n) is 6.02. The van der Waals surface area contributed by atoms with E-state index in [1.165, 1.54) is 6.21 Å². The highest BCUT2D eigenvalue weighted by molar-refractivity contribution is 6.32. The van der Waals surface area contributed by atoms with Crippen LogP contribution in [0, 0.1) is 6.92 Å². The van der Waals surface area contributed by atoms with Gasteiger partial charge in [0.25, 0.3) is 5.91 Å². The fraction of sp³-hybridized carbons (Fsp3) is 0.333. The van der Waals surface area contributed by atoms with Crippen molar-refractivity contribution in [2.75, 3.05) is 0 Å². The van der Waals surface area contributed by atoms with Gasteiger partial charge in [-0.2, -0.15) is 10.2 Å². The maximum Gasteiger partial charge on any atom is 0.260 e. The van der Waals surface area contributed by atoms with Gasteiger partial charge < -0.3 is 4.57 Å². The highest BCUT2D eigenvalue weighted by Gasteiger charge is 2.11. The number of aromatic nitrogens is 4. The van der Waals surface area contributed by atoms with E-state index in [4.69, 9.17) is 11.6 Å². The summed E-state index contributed by atoms with van der Waals surface area (Å²) in [6.07, 6.45) is 5.26. The van der Waals surface area contributed by atoms with E-state index in [-0.39, 0.29) is 12.5 Å². The number of aryl methyl sites for hydroxylation is 2. The van der Waals surface area contributed by atoms with Gasteiger partial charge in [0.15, 0.2) is 0 Å². The zero-order valence-electron chi connectivity index (χ0n) is 14.8. The van der Waals surface area contributed by atoms with Crippen LogP contribution in [0.2, 0.25) is 5.15 Å². The Labute approximate surface area is 156 Å². The van der Waals surface area contributed by atoms with Gasteiger partial charge in [-0.15, -0.1) is 0 Å². The van der Waals surface area contributed by atoms with Crippen molar-refractivity contribution in [2.24, 2.45) is 5.10 Å². The molecule has 0 bridgehead atoms. The van der Waals surface area contributed by atoms with Crippen LogP contribution < -0.4 is 5.43 Å².